The summed E-state index contributed by atoms with van der Waals surface area (Å²) in [5.74, 6) is -1.22. The summed E-state index contributed by atoms with van der Waals surface area (Å²) >= 11 is 13.0. The van der Waals surface area contributed by atoms with Crippen molar-refractivity contribution in [2.45, 2.75) is 45.8 Å². The average molecular weight is 891 g/mol. The Morgan fingerprint density at radius 2 is 1.52 bits per heavy atom. The molecule has 0 spiro atoms. The van der Waals surface area contributed by atoms with E-state index >= 15 is 0 Å². The number of hydrogen-bond donors (Lipinski definition) is 1. The third kappa shape index (κ3) is 10.2. The number of methoxy groups -OCH3 is 1. The maximum atomic E-state index is 14.3. The molecule has 1 fully saturated rings. The second-order valence-corrected chi connectivity index (χ2v) is 16.8. The fourth-order valence-electron chi connectivity index (χ4n) is 7.30. The lowest BCUT2D eigenvalue weighted by Gasteiger charge is -2.41. The van der Waals surface area contributed by atoms with Crippen LogP contribution < -0.4 is 14.8 Å². The first-order chi connectivity index (χ1) is 29.4. The number of aromatic nitrogens is 2. The van der Waals surface area contributed by atoms with Crippen LogP contribution in [0, 0.1) is 0 Å². The van der Waals surface area contributed by atoms with Crippen molar-refractivity contribution in [3.63, 3.8) is 0 Å². The van der Waals surface area contributed by atoms with Gasteiger partial charge in [0.1, 0.15) is 23.9 Å². The van der Waals surface area contributed by atoms with Crippen LogP contribution in [0.5, 0.6) is 11.5 Å². The highest BCUT2D eigenvalue weighted by atomic mass is 35.5. The van der Waals surface area contributed by atoms with Crippen LogP contribution in [-0.4, -0.2) is 138 Å². The summed E-state index contributed by atoms with van der Waals surface area (Å²) in [5, 5.41) is 8.53. The average Bonchev–Trinajstić information content (AvgIpc) is 3.61. The Hall–Kier alpha value is -5.97. The van der Waals surface area contributed by atoms with Crippen LogP contribution in [0.2, 0.25) is 10.0 Å². The van der Waals surface area contributed by atoms with Crippen molar-refractivity contribution in [2.24, 2.45) is 0 Å². The largest absolute Gasteiger partial charge is 0.496 e. The zero-order valence-corrected chi connectivity index (χ0v) is 37.2. The minimum absolute atomic E-state index is 0.0557. The topological polar surface area (TPSA) is 173 Å². The van der Waals surface area contributed by atoms with Crippen LogP contribution >= 0.6 is 23.2 Å². The first kappa shape index (κ1) is 45.6. The van der Waals surface area contributed by atoms with Gasteiger partial charge in [0.2, 0.25) is 23.6 Å². The van der Waals surface area contributed by atoms with E-state index < -0.39 is 29.2 Å². The predicted octanol–water partition coefficient (Wildman–Crippen LogP) is 5.35. The van der Waals surface area contributed by atoms with Gasteiger partial charge in [0, 0.05) is 79.0 Å². The SMILES string of the molecule is COc1cc2c(cc1-c1cccc(NC(=O)CCC(=O)N(C)CC(=O)N(C)CC(=O)N(C)CC(C)=O)c1)-c1c(c(C(=O)N3CCOCC3(C)C)nn1-c1cc(Cl)cc(Cl)c1)CO2. The lowest BCUT2D eigenvalue weighted by Crippen LogP contribution is -2.55. The number of ether oxygens (including phenoxy) is 3. The van der Waals surface area contributed by atoms with Crippen molar-refractivity contribution in [1.29, 1.82) is 0 Å². The second-order valence-electron chi connectivity index (χ2n) is 16.0. The fraction of sp³-hybridized carbons (Fsp3) is 0.386. The third-order valence-electron chi connectivity index (χ3n) is 10.6. The number of carbonyl (C=O) groups is 6. The lowest BCUT2D eigenvalue weighted by molar-refractivity contribution is -0.142. The minimum Gasteiger partial charge on any atom is -0.496 e. The number of carbonyl (C=O) groups excluding carboxylic acids is 6. The highest BCUT2D eigenvalue weighted by Crippen LogP contribution is 2.47. The first-order valence-corrected chi connectivity index (χ1v) is 20.6. The van der Waals surface area contributed by atoms with E-state index in [0.29, 0.717) is 80.6 Å². The fourth-order valence-corrected chi connectivity index (χ4v) is 7.82. The highest BCUT2D eigenvalue weighted by Gasteiger charge is 2.39. The van der Waals surface area contributed by atoms with E-state index in [9.17, 15) is 28.8 Å². The maximum Gasteiger partial charge on any atom is 0.275 e. The van der Waals surface area contributed by atoms with Crippen molar-refractivity contribution in [3.8, 4) is 39.6 Å². The molecule has 3 heterocycles. The summed E-state index contributed by atoms with van der Waals surface area (Å²) < 4.78 is 19.5. The van der Waals surface area contributed by atoms with E-state index in [2.05, 4.69) is 5.32 Å². The van der Waals surface area contributed by atoms with Crippen molar-refractivity contribution < 1.29 is 43.0 Å². The molecule has 0 radical (unpaired) electrons. The number of halogens is 2. The van der Waals surface area contributed by atoms with Crippen LogP contribution in [0.4, 0.5) is 5.69 Å². The Balaban J connectivity index is 1.22. The zero-order valence-electron chi connectivity index (χ0n) is 35.7. The number of rotatable bonds is 14. The predicted molar refractivity (Wildman–Crippen MR) is 233 cm³/mol. The van der Waals surface area contributed by atoms with Gasteiger partial charge in [-0.1, -0.05) is 35.3 Å². The summed E-state index contributed by atoms with van der Waals surface area (Å²) in [4.78, 5) is 82.2. The number of morpholine rings is 1. The second kappa shape index (κ2) is 19.0. The molecule has 0 aliphatic carbocycles. The quantitative estimate of drug-likeness (QED) is 0.174. The van der Waals surface area contributed by atoms with E-state index in [-0.39, 0.29) is 56.5 Å². The molecule has 5 amide bonds. The summed E-state index contributed by atoms with van der Waals surface area (Å²) in [6, 6.07) is 15.8. The Morgan fingerprint density at radius 1 is 0.855 bits per heavy atom. The third-order valence-corrected chi connectivity index (χ3v) is 11.0. The number of benzene rings is 3. The Kier molecular flexibility index (Phi) is 13.9. The molecule has 2 aliphatic heterocycles. The van der Waals surface area contributed by atoms with Crippen molar-refractivity contribution in [2.75, 3.05) is 73.0 Å². The summed E-state index contributed by atoms with van der Waals surface area (Å²) in [6.45, 7) is 5.86. The number of nitrogens with one attached hydrogen (secondary N) is 1. The number of Topliss-reactive ketones (excluding diaryl/α,β-unsaturated/α-hetero) is 1. The number of anilines is 1. The molecule has 1 aromatic heterocycles. The molecule has 328 valence electrons. The molecular weight excluding hydrogens is 841 g/mol. The van der Waals surface area contributed by atoms with E-state index in [1.165, 1.54) is 42.8 Å². The van der Waals surface area contributed by atoms with Crippen LogP contribution in [0.25, 0.3) is 28.1 Å². The summed E-state index contributed by atoms with van der Waals surface area (Å²) in [6.07, 6.45) is -0.326. The number of hydrogen-bond acceptors (Lipinski definition) is 10. The maximum absolute atomic E-state index is 14.3. The molecule has 0 atom stereocenters. The molecule has 4 aromatic rings. The lowest BCUT2D eigenvalue weighted by atomic mass is 9.95. The molecule has 18 heteroatoms. The number of likely N-dealkylation sites (N-methyl/N-ethyl adjacent to an activating group) is 3. The van der Waals surface area contributed by atoms with Crippen LogP contribution in [0.15, 0.2) is 54.6 Å². The van der Waals surface area contributed by atoms with Gasteiger partial charge in [0.25, 0.3) is 5.91 Å². The number of amides is 5. The Labute approximate surface area is 369 Å². The van der Waals surface area contributed by atoms with Crippen molar-refractivity contribution in [3.05, 3.63) is 75.9 Å². The molecule has 3 aromatic carbocycles. The first-order valence-electron chi connectivity index (χ1n) is 19.8. The number of ketones is 1. The molecule has 16 nitrogen and oxygen atoms in total. The smallest absolute Gasteiger partial charge is 0.275 e. The number of nitrogens with zero attached hydrogens (tertiary/aromatic N) is 6. The minimum atomic E-state index is -0.580. The van der Waals surface area contributed by atoms with Gasteiger partial charge in [-0.15, -0.1) is 0 Å². The van der Waals surface area contributed by atoms with Crippen LogP contribution in [0.1, 0.15) is 49.7 Å². The van der Waals surface area contributed by atoms with E-state index in [1.807, 2.05) is 26.0 Å². The van der Waals surface area contributed by atoms with E-state index in [4.69, 9.17) is 42.5 Å². The summed E-state index contributed by atoms with van der Waals surface area (Å²) in [7, 11) is 5.89. The molecule has 1 N–H and O–H groups in total. The normalized spacial score (nSPS) is 13.9. The molecule has 2 aliphatic rings. The van der Waals surface area contributed by atoms with Gasteiger partial charge in [-0.25, -0.2) is 4.68 Å². The van der Waals surface area contributed by atoms with E-state index in [0.717, 1.165) is 0 Å². The Bertz CT molecular complexity index is 2410. The highest BCUT2D eigenvalue weighted by molar-refractivity contribution is 6.34. The standard InChI is InChI=1S/C44H49Cl2N7O9/c1-26(54)21-49(4)39(57)23-51(6)40(58)22-50(5)38(56)12-11-37(55)47-30-10-8-9-27(15-30)32-19-33-36(20-35(32)60-7)62-24-34-41(43(59)52-13-14-61-25-44(52,2)3)48-53(42(33)34)31-17-28(45)16-29(46)18-31/h8-10,15-20H,11-14,21-25H2,1-7H3,(H,47,55). The van der Waals surface area contributed by atoms with Crippen LogP contribution in [0.3, 0.4) is 0 Å². The van der Waals surface area contributed by atoms with Gasteiger partial charge in [0.15, 0.2) is 5.69 Å². The molecule has 0 saturated carbocycles. The van der Waals surface area contributed by atoms with E-state index in [1.54, 1.807) is 59.2 Å². The van der Waals surface area contributed by atoms with Gasteiger partial charge in [-0.05, 0) is 62.7 Å². The van der Waals surface area contributed by atoms with Gasteiger partial charge in [-0.2, -0.15) is 5.10 Å². The molecule has 0 unspecified atom stereocenters. The summed E-state index contributed by atoms with van der Waals surface area (Å²) in [5.41, 5.74) is 3.80. The monoisotopic (exact) mass is 889 g/mol. The van der Waals surface area contributed by atoms with Crippen molar-refractivity contribution in [1.82, 2.24) is 29.4 Å². The van der Waals surface area contributed by atoms with Gasteiger partial charge in [0.05, 0.1) is 56.9 Å². The number of fused-ring (bicyclic) bond motifs is 3. The molecule has 0 bridgehead atoms. The van der Waals surface area contributed by atoms with Gasteiger partial charge >= 0.3 is 0 Å². The molecule has 62 heavy (non-hydrogen) atoms. The molecule has 1 saturated heterocycles. The zero-order chi connectivity index (χ0) is 45.0. The van der Waals surface area contributed by atoms with Crippen LogP contribution in [-0.2, 0) is 35.3 Å². The molecule has 6 rings (SSSR count). The van der Waals surface area contributed by atoms with Gasteiger partial charge < -0.3 is 39.1 Å². The molecular formula is C44H49Cl2N7O9. The Morgan fingerprint density at radius 3 is 2.16 bits per heavy atom. The van der Waals surface area contributed by atoms with Gasteiger partial charge in [-0.3, -0.25) is 28.8 Å². The van der Waals surface area contributed by atoms with Crippen molar-refractivity contribution >= 4 is 64.2 Å².